The standard InChI is InChI=1S/C13H20O3/c1-8-5-6-11-12(7-8)15-9(2)13(11,4)16-10(3)14/h8,11-12H,2,5-7H2,1,3-4H3/t8-,11?,12-,13-/m1/s1. The van der Waals surface area contributed by atoms with E-state index in [2.05, 4.69) is 13.5 Å². The van der Waals surface area contributed by atoms with Crippen LogP contribution in [0.4, 0.5) is 0 Å². The first-order valence-electron chi connectivity index (χ1n) is 5.99. The summed E-state index contributed by atoms with van der Waals surface area (Å²) in [5.41, 5.74) is -0.614. The Kier molecular flexibility index (Phi) is 2.72. The van der Waals surface area contributed by atoms with Gasteiger partial charge in [0, 0.05) is 12.8 Å². The molecule has 4 atom stereocenters. The maximum Gasteiger partial charge on any atom is 0.303 e. The normalized spacial score (nSPS) is 42.4. The van der Waals surface area contributed by atoms with Crippen molar-refractivity contribution in [3.05, 3.63) is 12.3 Å². The number of ether oxygens (including phenoxy) is 2. The molecule has 3 heteroatoms. The summed E-state index contributed by atoms with van der Waals surface area (Å²) in [7, 11) is 0. The lowest BCUT2D eigenvalue weighted by molar-refractivity contribution is -0.156. The van der Waals surface area contributed by atoms with E-state index in [1.54, 1.807) is 0 Å². The average molecular weight is 224 g/mol. The van der Waals surface area contributed by atoms with E-state index >= 15 is 0 Å². The predicted octanol–water partition coefficient (Wildman–Crippen LogP) is 2.66. The Balaban J connectivity index is 2.20. The quantitative estimate of drug-likeness (QED) is 0.642. The minimum Gasteiger partial charge on any atom is -0.491 e. The van der Waals surface area contributed by atoms with Crippen LogP contribution >= 0.6 is 0 Å². The van der Waals surface area contributed by atoms with Crippen LogP contribution in [0.2, 0.25) is 0 Å². The van der Waals surface area contributed by atoms with Crippen LogP contribution in [0, 0.1) is 11.8 Å². The zero-order chi connectivity index (χ0) is 11.9. The Morgan fingerprint density at radius 1 is 1.56 bits per heavy atom. The third-order valence-electron chi connectivity index (χ3n) is 3.96. The lowest BCUT2D eigenvalue weighted by Gasteiger charge is -2.34. The van der Waals surface area contributed by atoms with Crippen molar-refractivity contribution in [2.75, 3.05) is 0 Å². The van der Waals surface area contributed by atoms with E-state index in [1.165, 1.54) is 13.3 Å². The highest BCUT2D eigenvalue weighted by Crippen LogP contribution is 2.48. The van der Waals surface area contributed by atoms with Crippen LogP contribution in [0.15, 0.2) is 12.3 Å². The van der Waals surface area contributed by atoms with Gasteiger partial charge < -0.3 is 9.47 Å². The summed E-state index contributed by atoms with van der Waals surface area (Å²) in [5.74, 6) is 1.33. The zero-order valence-corrected chi connectivity index (χ0v) is 10.3. The number of rotatable bonds is 1. The minimum atomic E-state index is -0.614. The van der Waals surface area contributed by atoms with Crippen LogP contribution in [-0.4, -0.2) is 17.7 Å². The van der Waals surface area contributed by atoms with Crippen molar-refractivity contribution in [2.45, 2.75) is 51.7 Å². The smallest absolute Gasteiger partial charge is 0.303 e. The molecule has 1 aliphatic carbocycles. The van der Waals surface area contributed by atoms with Gasteiger partial charge >= 0.3 is 5.97 Å². The largest absolute Gasteiger partial charge is 0.491 e. The number of hydrogen-bond acceptors (Lipinski definition) is 3. The van der Waals surface area contributed by atoms with Crippen molar-refractivity contribution in [3.8, 4) is 0 Å². The van der Waals surface area contributed by atoms with Gasteiger partial charge in [-0.15, -0.1) is 0 Å². The lowest BCUT2D eigenvalue weighted by Crippen LogP contribution is -2.41. The molecule has 0 bridgehead atoms. The predicted molar refractivity (Wildman–Crippen MR) is 60.7 cm³/mol. The number of fused-ring (bicyclic) bond motifs is 1. The Hall–Kier alpha value is -0.990. The molecule has 2 aliphatic rings. The number of carbonyl (C=O) groups is 1. The Bertz CT molecular complexity index is 323. The van der Waals surface area contributed by atoms with Crippen LogP contribution in [0.1, 0.15) is 40.0 Å². The summed E-state index contributed by atoms with van der Waals surface area (Å²) in [5, 5.41) is 0. The molecule has 0 aromatic rings. The highest BCUT2D eigenvalue weighted by molar-refractivity contribution is 5.67. The summed E-state index contributed by atoms with van der Waals surface area (Å²) in [6.45, 7) is 9.52. The molecular formula is C13H20O3. The molecule has 90 valence electrons. The van der Waals surface area contributed by atoms with Gasteiger partial charge in [0.2, 0.25) is 0 Å². The van der Waals surface area contributed by atoms with Gasteiger partial charge in [-0.25, -0.2) is 0 Å². The van der Waals surface area contributed by atoms with E-state index in [4.69, 9.17) is 9.47 Å². The molecule has 1 saturated carbocycles. The van der Waals surface area contributed by atoms with Gasteiger partial charge in [0.15, 0.2) is 5.60 Å². The van der Waals surface area contributed by atoms with Crippen LogP contribution in [-0.2, 0) is 14.3 Å². The SMILES string of the molecule is C=C1O[C@@H]2C[C@H](C)CCC2[C@]1(C)OC(C)=O. The summed E-state index contributed by atoms with van der Waals surface area (Å²) in [6, 6.07) is 0. The Morgan fingerprint density at radius 3 is 2.88 bits per heavy atom. The van der Waals surface area contributed by atoms with E-state index in [1.807, 2.05) is 6.92 Å². The van der Waals surface area contributed by atoms with Crippen molar-refractivity contribution in [2.24, 2.45) is 11.8 Å². The maximum absolute atomic E-state index is 11.2. The van der Waals surface area contributed by atoms with E-state index in [0.717, 1.165) is 12.8 Å². The summed E-state index contributed by atoms with van der Waals surface area (Å²) in [4.78, 5) is 11.2. The van der Waals surface area contributed by atoms with Gasteiger partial charge in [-0.05, 0) is 25.7 Å². The minimum absolute atomic E-state index is 0.181. The fourth-order valence-electron chi connectivity index (χ4n) is 3.03. The molecule has 16 heavy (non-hydrogen) atoms. The van der Waals surface area contributed by atoms with Crippen LogP contribution < -0.4 is 0 Å². The third-order valence-corrected chi connectivity index (χ3v) is 3.96. The molecule has 2 fully saturated rings. The summed E-state index contributed by atoms with van der Waals surface area (Å²) in [6.07, 6.45) is 3.45. The topological polar surface area (TPSA) is 35.5 Å². The highest BCUT2D eigenvalue weighted by atomic mass is 16.6. The molecule has 0 aromatic heterocycles. The third kappa shape index (κ3) is 1.72. The molecule has 3 nitrogen and oxygen atoms in total. The number of esters is 1. The first-order chi connectivity index (χ1) is 7.43. The zero-order valence-electron chi connectivity index (χ0n) is 10.3. The molecule has 0 amide bonds. The molecule has 2 rings (SSSR count). The van der Waals surface area contributed by atoms with Crippen molar-refractivity contribution >= 4 is 5.97 Å². The Labute approximate surface area is 96.8 Å². The van der Waals surface area contributed by atoms with Crippen molar-refractivity contribution in [3.63, 3.8) is 0 Å². The maximum atomic E-state index is 11.2. The lowest BCUT2D eigenvalue weighted by atomic mass is 9.74. The fourth-order valence-corrected chi connectivity index (χ4v) is 3.03. The van der Waals surface area contributed by atoms with Crippen LogP contribution in [0.5, 0.6) is 0 Å². The fraction of sp³-hybridized carbons (Fsp3) is 0.769. The van der Waals surface area contributed by atoms with Crippen LogP contribution in [0.3, 0.4) is 0 Å². The monoisotopic (exact) mass is 224 g/mol. The molecule has 0 spiro atoms. The highest BCUT2D eigenvalue weighted by Gasteiger charge is 2.54. The number of carbonyl (C=O) groups excluding carboxylic acids is 1. The molecular weight excluding hydrogens is 204 g/mol. The second-order valence-electron chi connectivity index (χ2n) is 5.30. The first kappa shape index (κ1) is 11.5. The molecule has 0 N–H and O–H groups in total. The van der Waals surface area contributed by atoms with Crippen molar-refractivity contribution < 1.29 is 14.3 Å². The van der Waals surface area contributed by atoms with Gasteiger partial charge in [-0.1, -0.05) is 19.9 Å². The molecule has 0 radical (unpaired) electrons. The van der Waals surface area contributed by atoms with E-state index in [9.17, 15) is 4.79 Å². The summed E-state index contributed by atoms with van der Waals surface area (Å²) < 4.78 is 11.2. The second-order valence-corrected chi connectivity index (χ2v) is 5.30. The molecule has 1 saturated heterocycles. The van der Waals surface area contributed by atoms with Gasteiger partial charge in [-0.3, -0.25) is 4.79 Å². The van der Waals surface area contributed by atoms with Gasteiger partial charge in [-0.2, -0.15) is 0 Å². The molecule has 1 aliphatic heterocycles. The van der Waals surface area contributed by atoms with Crippen molar-refractivity contribution in [1.82, 2.24) is 0 Å². The van der Waals surface area contributed by atoms with E-state index < -0.39 is 5.60 Å². The van der Waals surface area contributed by atoms with Gasteiger partial charge in [0.1, 0.15) is 11.9 Å². The van der Waals surface area contributed by atoms with E-state index in [-0.39, 0.29) is 18.0 Å². The summed E-state index contributed by atoms with van der Waals surface area (Å²) >= 11 is 0. The molecule has 0 aromatic carbocycles. The van der Waals surface area contributed by atoms with Crippen molar-refractivity contribution in [1.29, 1.82) is 0 Å². The molecule has 1 heterocycles. The second kappa shape index (κ2) is 3.79. The molecule has 1 unspecified atom stereocenters. The first-order valence-corrected chi connectivity index (χ1v) is 5.99. The Morgan fingerprint density at radius 2 is 2.25 bits per heavy atom. The average Bonchev–Trinajstić information content (AvgIpc) is 2.37. The van der Waals surface area contributed by atoms with E-state index in [0.29, 0.717) is 11.7 Å². The van der Waals surface area contributed by atoms with Gasteiger partial charge in [0.05, 0.1) is 0 Å². The van der Waals surface area contributed by atoms with Gasteiger partial charge in [0.25, 0.3) is 0 Å². The number of hydrogen-bond donors (Lipinski definition) is 0. The van der Waals surface area contributed by atoms with Crippen LogP contribution in [0.25, 0.3) is 0 Å².